The summed E-state index contributed by atoms with van der Waals surface area (Å²) in [5.74, 6) is -1.000. The molecule has 0 spiro atoms. The van der Waals surface area contributed by atoms with Crippen LogP contribution in [-0.4, -0.2) is 41.4 Å². The maximum atomic E-state index is 14.3. The Balaban J connectivity index is 1.53. The molecule has 0 unspecified atom stereocenters. The van der Waals surface area contributed by atoms with Crippen LogP contribution in [0.2, 0.25) is 0 Å². The Labute approximate surface area is 204 Å². The van der Waals surface area contributed by atoms with Gasteiger partial charge in [-0.15, -0.1) is 0 Å². The van der Waals surface area contributed by atoms with Gasteiger partial charge in [0.15, 0.2) is 17.3 Å². The Bertz CT molecular complexity index is 1580. The molecule has 9 nitrogen and oxygen atoms in total. The van der Waals surface area contributed by atoms with E-state index in [0.717, 1.165) is 19.0 Å². The Morgan fingerprint density at radius 3 is 2.78 bits per heavy atom. The molecule has 0 bridgehead atoms. The minimum atomic E-state index is -0.992. The van der Waals surface area contributed by atoms with E-state index in [-0.39, 0.29) is 58.0 Å². The van der Waals surface area contributed by atoms with Crippen molar-refractivity contribution in [2.75, 3.05) is 5.32 Å². The van der Waals surface area contributed by atoms with Crippen LogP contribution >= 0.6 is 0 Å². The van der Waals surface area contributed by atoms with Crippen molar-refractivity contribution in [1.29, 1.82) is 0 Å². The molecule has 1 aliphatic heterocycles. The molecule has 1 fully saturated rings. The topological polar surface area (TPSA) is 116 Å². The Morgan fingerprint density at radius 1 is 1.22 bits per heavy atom. The van der Waals surface area contributed by atoms with Crippen LogP contribution < -0.4 is 5.32 Å². The molecular weight excluding hydrogens is 468 g/mol. The standard InChI is InChI=1S/C25H21F2N7O2/c1-25(2)18-20(17(35)8-12-5-6-12)30-22(31-21(18)32-24(25)36)19-14-9-13(26)10-29-23(14)34(33-19)11-16-15(27)4-3-7-28-16/h3-4,7,9-10,12H,5-6,8,11H2,1-2H3,(H,30,31,32,36). The fourth-order valence-corrected chi connectivity index (χ4v) is 4.49. The van der Waals surface area contributed by atoms with E-state index in [4.69, 9.17) is 0 Å². The predicted octanol–water partition coefficient (Wildman–Crippen LogP) is 3.82. The van der Waals surface area contributed by atoms with Gasteiger partial charge in [0.2, 0.25) is 5.91 Å². The molecule has 4 aromatic heterocycles. The van der Waals surface area contributed by atoms with Crippen molar-refractivity contribution in [1.82, 2.24) is 29.7 Å². The van der Waals surface area contributed by atoms with Crippen LogP contribution in [0.4, 0.5) is 14.6 Å². The van der Waals surface area contributed by atoms with E-state index in [1.54, 1.807) is 13.8 Å². The summed E-state index contributed by atoms with van der Waals surface area (Å²) in [5, 5.41) is 7.56. The molecule has 1 aliphatic carbocycles. The largest absolute Gasteiger partial charge is 0.310 e. The van der Waals surface area contributed by atoms with Crippen LogP contribution in [0, 0.1) is 17.6 Å². The van der Waals surface area contributed by atoms with E-state index in [9.17, 15) is 18.4 Å². The second-order valence-corrected chi connectivity index (χ2v) is 9.73. The number of carbonyl (C=O) groups excluding carboxylic acids is 2. The molecule has 0 atom stereocenters. The minimum absolute atomic E-state index is 0.0449. The highest BCUT2D eigenvalue weighted by Crippen LogP contribution is 2.41. The number of nitrogens with one attached hydrogen (secondary N) is 1. The zero-order chi connectivity index (χ0) is 25.2. The summed E-state index contributed by atoms with van der Waals surface area (Å²) in [7, 11) is 0. The van der Waals surface area contributed by atoms with E-state index in [1.807, 2.05) is 0 Å². The van der Waals surface area contributed by atoms with E-state index < -0.39 is 17.0 Å². The van der Waals surface area contributed by atoms with Crippen molar-refractivity contribution in [3.8, 4) is 11.5 Å². The molecule has 0 saturated heterocycles. The van der Waals surface area contributed by atoms with Crippen molar-refractivity contribution in [2.24, 2.45) is 5.92 Å². The van der Waals surface area contributed by atoms with Crippen LogP contribution in [0.3, 0.4) is 0 Å². The van der Waals surface area contributed by atoms with Gasteiger partial charge in [0.25, 0.3) is 0 Å². The molecule has 0 radical (unpaired) electrons. The number of aromatic nitrogens is 6. The second-order valence-electron chi connectivity index (χ2n) is 9.73. The van der Waals surface area contributed by atoms with Gasteiger partial charge >= 0.3 is 0 Å². The van der Waals surface area contributed by atoms with E-state index in [2.05, 4.69) is 30.4 Å². The third kappa shape index (κ3) is 3.62. The van der Waals surface area contributed by atoms with Crippen LogP contribution in [-0.2, 0) is 16.8 Å². The van der Waals surface area contributed by atoms with Gasteiger partial charge in [-0.2, -0.15) is 5.10 Å². The number of Topliss-reactive ketones (excluding diaryl/α,β-unsaturated/α-hetero) is 1. The third-order valence-electron chi connectivity index (χ3n) is 6.67. The summed E-state index contributed by atoms with van der Waals surface area (Å²) in [6.45, 7) is 3.37. The molecule has 11 heteroatoms. The van der Waals surface area contributed by atoms with Gasteiger partial charge in [0.1, 0.15) is 28.8 Å². The average Bonchev–Trinajstić information content (AvgIpc) is 3.54. The van der Waals surface area contributed by atoms with Crippen molar-refractivity contribution in [2.45, 2.75) is 45.1 Å². The molecule has 1 saturated carbocycles. The van der Waals surface area contributed by atoms with Gasteiger partial charge in [0.05, 0.1) is 29.2 Å². The molecule has 5 heterocycles. The lowest BCUT2D eigenvalue weighted by Crippen LogP contribution is -2.28. The minimum Gasteiger partial charge on any atom is -0.310 e. The van der Waals surface area contributed by atoms with Gasteiger partial charge in [-0.25, -0.2) is 28.4 Å². The first-order valence-corrected chi connectivity index (χ1v) is 11.6. The molecule has 182 valence electrons. The van der Waals surface area contributed by atoms with Gasteiger partial charge in [-0.05, 0) is 50.8 Å². The number of amides is 1. The summed E-state index contributed by atoms with van der Waals surface area (Å²) < 4.78 is 29.9. The maximum absolute atomic E-state index is 14.3. The molecule has 0 aromatic carbocycles. The molecule has 4 aromatic rings. The number of fused-ring (bicyclic) bond motifs is 2. The first-order chi connectivity index (χ1) is 17.2. The van der Waals surface area contributed by atoms with Crippen molar-refractivity contribution >= 4 is 28.5 Å². The lowest BCUT2D eigenvalue weighted by molar-refractivity contribution is -0.119. The molecule has 1 amide bonds. The molecule has 1 N–H and O–H groups in total. The quantitative estimate of drug-likeness (QED) is 0.409. The van der Waals surface area contributed by atoms with Crippen molar-refractivity contribution < 1.29 is 18.4 Å². The number of ketones is 1. The lowest BCUT2D eigenvalue weighted by Gasteiger charge is -2.17. The summed E-state index contributed by atoms with van der Waals surface area (Å²) >= 11 is 0. The smallest absolute Gasteiger partial charge is 0.235 e. The number of rotatable bonds is 6. The van der Waals surface area contributed by atoms with Crippen LogP contribution in [0.15, 0.2) is 30.6 Å². The third-order valence-corrected chi connectivity index (χ3v) is 6.67. The first kappa shape index (κ1) is 22.3. The van der Waals surface area contributed by atoms with Gasteiger partial charge in [-0.3, -0.25) is 14.6 Å². The molecular formula is C25H21F2N7O2. The number of halogens is 2. The highest BCUT2D eigenvalue weighted by Gasteiger charge is 2.44. The zero-order valence-electron chi connectivity index (χ0n) is 19.5. The van der Waals surface area contributed by atoms with Crippen LogP contribution in [0.5, 0.6) is 0 Å². The highest BCUT2D eigenvalue weighted by atomic mass is 19.1. The van der Waals surface area contributed by atoms with Crippen molar-refractivity contribution in [3.05, 3.63) is 59.2 Å². The highest BCUT2D eigenvalue weighted by molar-refractivity contribution is 6.09. The molecule has 6 rings (SSSR count). The Hall–Kier alpha value is -4.15. The summed E-state index contributed by atoms with van der Waals surface area (Å²) in [4.78, 5) is 43.2. The predicted molar refractivity (Wildman–Crippen MR) is 125 cm³/mol. The summed E-state index contributed by atoms with van der Waals surface area (Å²) in [6.07, 6.45) is 4.80. The fourth-order valence-electron chi connectivity index (χ4n) is 4.49. The number of carbonyl (C=O) groups is 2. The number of nitrogens with zero attached hydrogens (tertiary/aromatic N) is 6. The van der Waals surface area contributed by atoms with Crippen LogP contribution in [0.25, 0.3) is 22.6 Å². The van der Waals surface area contributed by atoms with Crippen molar-refractivity contribution in [3.63, 3.8) is 0 Å². The van der Waals surface area contributed by atoms with E-state index in [1.165, 1.54) is 29.1 Å². The SMILES string of the molecule is CC1(C)C(=O)Nc2nc(-c3nn(Cc4ncccc4F)c4ncc(F)cc34)nc(C(=O)CC3CC3)c21. The monoisotopic (exact) mass is 489 g/mol. The van der Waals surface area contributed by atoms with E-state index >= 15 is 0 Å². The maximum Gasteiger partial charge on any atom is 0.235 e. The fraction of sp³-hybridized carbons (Fsp3) is 0.320. The number of hydrogen-bond donors (Lipinski definition) is 1. The Kier molecular flexibility index (Phi) is 4.92. The summed E-state index contributed by atoms with van der Waals surface area (Å²) in [6, 6.07) is 4.00. The molecule has 2 aliphatic rings. The lowest BCUT2D eigenvalue weighted by atomic mass is 9.84. The second kappa shape index (κ2) is 7.94. The first-order valence-electron chi connectivity index (χ1n) is 11.6. The molecule has 36 heavy (non-hydrogen) atoms. The number of anilines is 1. The van der Waals surface area contributed by atoms with Gasteiger partial charge in [-0.1, -0.05) is 0 Å². The van der Waals surface area contributed by atoms with Crippen LogP contribution in [0.1, 0.15) is 54.9 Å². The number of hydrogen-bond acceptors (Lipinski definition) is 7. The zero-order valence-corrected chi connectivity index (χ0v) is 19.5. The Morgan fingerprint density at radius 2 is 2.03 bits per heavy atom. The van der Waals surface area contributed by atoms with Gasteiger partial charge in [0, 0.05) is 18.2 Å². The normalized spacial score (nSPS) is 16.3. The number of pyridine rings is 2. The average molecular weight is 489 g/mol. The van der Waals surface area contributed by atoms with E-state index in [0.29, 0.717) is 17.9 Å². The van der Waals surface area contributed by atoms with Gasteiger partial charge < -0.3 is 5.32 Å². The summed E-state index contributed by atoms with van der Waals surface area (Å²) in [5.41, 5.74) is 0.183.